The van der Waals surface area contributed by atoms with Crippen molar-refractivity contribution in [2.24, 2.45) is 11.7 Å². The summed E-state index contributed by atoms with van der Waals surface area (Å²) >= 11 is 0. The zero-order chi connectivity index (χ0) is 12.9. The summed E-state index contributed by atoms with van der Waals surface area (Å²) in [6, 6.07) is -0.0185. The highest BCUT2D eigenvalue weighted by atomic mass is 35.5. The van der Waals surface area contributed by atoms with E-state index in [4.69, 9.17) is 10.5 Å². The summed E-state index contributed by atoms with van der Waals surface area (Å²) in [5, 5.41) is 0. The van der Waals surface area contributed by atoms with Crippen molar-refractivity contribution in [1.29, 1.82) is 0 Å². The lowest BCUT2D eigenvalue weighted by molar-refractivity contribution is 0.184. The van der Waals surface area contributed by atoms with Gasteiger partial charge in [0, 0.05) is 26.7 Å². The zero-order valence-electron chi connectivity index (χ0n) is 11.0. The SMILES string of the molecule is COCCN(C)S(=O)(=O)NC1CCCC1CN.Cl. The predicted octanol–water partition coefficient (Wildman–Crippen LogP) is -0.0518. The molecule has 0 aliphatic heterocycles. The number of methoxy groups -OCH3 is 1. The number of likely N-dealkylation sites (N-methyl/N-ethyl adjacent to an activating group) is 1. The van der Waals surface area contributed by atoms with Crippen LogP contribution in [0.1, 0.15) is 19.3 Å². The van der Waals surface area contributed by atoms with Crippen LogP contribution in [0.4, 0.5) is 0 Å². The number of nitrogens with one attached hydrogen (secondary N) is 1. The third kappa shape index (κ3) is 4.99. The molecule has 0 saturated heterocycles. The van der Waals surface area contributed by atoms with E-state index in [1.807, 2.05) is 0 Å². The molecular weight excluding hydrogens is 278 g/mol. The van der Waals surface area contributed by atoms with Crippen molar-refractivity contribution < 1.29 is 13.2 Å². The van der Waals surface area contributed by atoms with Crippen molar-refractivity contribution in [3.8, 4) is 0 Å². The van der Waals surface area contributed by atoms with Crippen molar-refractivity contribution in [2.45, 2.75) is 25.3 Å². The van der Waals surface area contributed by atoms with E-state index >= 15 is 0 Å². The maximum absolute atomic E-state index is 12.0. The van der Waals surface area contributed by atoms with Gasteiger partial charge >= 0.3 is 0 Å². The molecule has 0 spiro atoms. The van der Waals surface area contributed by atoms with E-state index in [9.17, 15) is 8.42 Å². The van der Waals surface area contributed by atoms with Gasteiger partial charge in [-0.15, -0.1) is 12.4 Å². The summed E-state index contributed by atoms with van der Waals surface area (Å²) in [6.07, 6.45) is 2.92. The summed E-state index contributed by atoms with van der Waals surface area (Å²) in [5.74, 6) is 0.264. The molecule has 3 N–H and O–H groups in total. The number of rotatable bonds is 7. The Balaban J connectivity index is 0.00000289. The van der Waals surface area contributed by atoms with Crippen LogP contribution in [0.5, 0.6) is 0 Å². The van der Waals surface area contributed by atoms with E-state index in [1.54, 1.807) is 14.2 Å². The lowest BCUT2D eigenvalue weighted by atomic mass is 10.1. The molecule has 2 atom stereocenters. The highest BCUT2D eigenvalue weighted by Crippen LogP contribution is 2.25. The zero-order valence-corrected chi connectivity index (χ0v) is 12.6. The van der Waals surface area contributed by atoms with Crippen molar-refractivity contribution in [3.63, 3.8) is 0 Å². The number of ether oxygens (including phenoxy) is 1. The minimum Gasteiger partial charge on any atom is -0.383 e. The largest absolute Gasteiger partial charge is 0.383 e. The number of nitrogens with zero attached hydrogens (tertiary/aromatic N) is 1. The topological polar surface area (TPSA) is 84.7 Å². The molecule has 0 heterocycles. The molecule has 0 bridgehead atoms. The molecule has 0 radical (unpaired) electrons. The van der Waals surface area contributed by atoms with Gasteiger partial charge in [0.2, 0.25) is 0 Å². The van der Waals surface area contributed by atoms with Gasteiger partial charge in [-0.1, -0.05) is 6.42 Å². The molecule has 0 aromatic heterocycles. The van der Waals surface area contributed by atoms with Gasteiger partial charge in [-0.3, -0.25) is 0 Å². The summed E-state index contributed by atoms with van der Waals surface area (Å²) in [4.78, 5) is 0. The van der Waals surface area contributed by atoms with E-state index in [0.717, 1.165) is 19.3 Å². The number of nitrogens with two attached hydrogens (primary N) is 1. The average Bonchev–Trinajstić information content (AvgIpc) is 2.72. The smallest absolute Gasteiger partial charge is 0.279 e. The van der Waals surface area contributed by atoms with Crippen molar-refractivity contribution in [1.82, 2.24) is 9.03 Å². The lowest BCUT2D eigenvalue weighted by Gasteiger charge is -2.23. The fourth-order valence-electron chi connectivity index (χ4n) is 2.10. The molecular formula is C10H24ClN3O3S. The normalized spacial score (nSPS) is 24.2. The standard InChI is InChI=1S/C10H23N3O3S.ClH/c1-13(6-7-16-2)17(14,15)12-10-5-3-4-9(10)8-11;/h9-10,12H,3-8,11H2,1-2H3;1H. The summed E-state index contributed by atoms with van der Waals surface area (Å²) in [6.45, 7) is 1.28. The molecule has 110 valence electrons. The number of hydrogen-bond acceptors (Lipinski definition) is 4. The van der Waals surface area contributed by atoms with Gasteiger partial charge in [0.15, 0.2) is 0 Å². The van der Waals surface area contributed by atoms with Crippen LogP contribution in [0.2, 0.25) is 0 Å². The molecule has 1 aliphatic rings. The molecule has 2 unspecified atom stereocenters. The van der Waals surface area contributed by atoms with Crippen LogP contribution in [-0.4, -0.2) is 52.6 Å². The fourth-order valence-corrected chi connectivity index (χ4v) is 3.28. The second-order valence-electron chi connectivity index (χ2n) is 4.47. The molecule has 0 aromatic rings. The van der Waals surface area contributed by atoms with E-state index in [1.165, 1.54) is 4.31 Å². The molecule has 8 heteroatoms. The van der Waals surface area contributed by atoms with Crippen LogP contribution < -0.4 is 10.5 Å². The maximum atomic E-state index is 12.0. The highest BCUT2D eigenvalue weighted by Gasteiger charge is 2.31. The summed E-state index contributed by atoms with van der Waals surface area (Å²) in [5.41, 5.74) is 5.63. The van der Waals surface area contributed by atoms with E-state index in [2.05, 4.69) is 4.72 Å². The molecule has 1 aliphatic carbocycles. The quantitative estimate of drug-likeness (QED) is 0.690. The van der Waals surface area contributed by atoms with Crippen LogP contribution >= 0.6 is 12.4 Å². The van der Waals surface area contributed by atoms with Crippen molar-refractivity contribution in [3.05, 3.63) is 0 Å². The van der Waals surface area contributed by atoms with Crippen LogP contribution in [0.3, 0.4) is 0 Å². The van der Waals surface area contributed by atoms with E-state index in [-0.39, 0.29) is 24.4 Å². The van der Waals surface area contributed by atoms with Gasteiger partial charge in [0.25, 0.3) is 10.2 Å². The average molecular weight is 302 g/mol. The lowest BCUT2D eigenvalue weighted by Crippen LogP contribution is -2.47. The first-order valence-electron chi connectivity index (χ1n) is 5.94. The highest BCUT2D eigenvalue weighted by molar-refractivity contribution is 7.87. The van der Waals surface area contributed by atoms with Crippen molar-refractivity contribution >= 4 is 22.6 Å². The minimum absolute atomic E-state index is 0. The third-order valence-electron chi connectivity index (χ3n) is 3.28. The van der Waals surface area contributed by atoms with Gasteiger partial charge in [-0.25, -0.2) is 0 Å². The Kier molecular flexibility index (Phi) is 8.33. The van der Waals surface area contributed by atoms with Crippen LogP contribution in [0.25, 0.3) is 0 Å². The predicted molar refractivity (Wildman–Crippen MR) is 74.0 cm³/mol. The Hall–Kier alpha value is 0.0800. The Morgan fingerprint density at radius 1 is 1.44 bits per heavy atom. The Labute approximate surface area is 116 Å². The second kappa shape index (κ2) is 8.29. The van der Waals surface area contributed by atoms with Crippen LogP contribution in [0.15, 0.2) is 0 Å². The Bertz CT molecular complexity index is 326. The van der Waals surface area contributed by atoms with Gasteiger partial charge in [-0.05, 0) is 25.3 Å². The molecule has 1 saturated carbocycles. The third-order valence-corrected chi connectivity index (χ3v) is 4.89. The van der Waals surface area contributed by atoms with Gasteiger partial charge in [0.05, 0.1) is 6.61 Å². The fraction of sp³-hybridized carbons (Fsp3) is 1.00. The molecule has 18 heavy (non-hydrogen) atoms. The summed E-state index contributed by atoms with van der Waals surface area (Å²) in [7, 11) is -0.311. The molecule has 0 amide bonds. The van der Waals surface area contributed by atoms with Gasteiger partial charge in [-0.2, -0.15) is 17.4 Å². The maximum Gasteiger partial charge on any atom is 0.279 e. The van der Waals surface area contributed by atoms with Crippen LogP contribution in [0, 0.1) is 5.92 Å². The number of halogens is 1. The van der Waals surface area contributed by atoms with Crippen LogP contribution in [-0.2, 0) is 14.9 Å². The minimum atomic E-state index is -3.41. The number of hydrogen-bond donors (Lipinski definition) is 2. The first-order chi connectivity index (χ1) is 8.01. The molecule has 1 fully saturated rings. The second-order valence-corrected chi connectivity index (χ2v) is 6.28. The van der Waals surface area contributed by atoms with E-state index in [0.29, 0.717) is 19.7 Å². The summed E-state index contributed by atoms with van der Waals surface area (Å²) < 4.78 is 32.8. The van der Waals surface area contributed by atoms with Gasteiger partial charge < -0.3 is 10.5 Å². The molecule has 0 aromatic carbocycles. The van der Waals surface area contributed by atoms with Gasteiger partial charge in [0.1, 0.15) is 0 Å². The molecule has 6 nitrogen and oxygen atoms in total. The Morgan fingerprint density at radius 3 is 2.67 bits per heavy atom. The first kappa shape index (κ1) is 18.1. The first-order valence-corrected chi connectivity index (χ1v) is 7.38. The monoisotopic (exact) mass is 301 g/mol. The molecule has 1 rings (SSSR count). The Morgan fingerprint density at radius 2 is 2.11 bits per heavy atom. The van der Waals surface area contributed by atoms with Crippen molar-refractivity contribution in [2.75, 3.05) is 33.9 Å². The van der Waals surface area contributed by atoms with E-state index < -0.39 is 10.2 Å².